The van der Waals surface area contributed by atoms with Gasteiger partial charge in [0.2, 0.25) is 0 Å². The van der Waals surface area contributed by atoms with Gasteiger partial charge in [0.05, 0.1) is 0 Å². The summed E-state index contributed by atoms with van der Waals surface area (Å²) in [5.74, 6) is -0.280. The molecule has 4 heteroatoms. The van der Waals surface area contributed by atoms with Crippen LogP contribution in [0, 0.1) is 5.82 Å². The van der Waals surface area contributed by atoms with Crippen LogP contribution in [0.25, 0.3) is 0 Å². The quantitative estimate of drug-likeness (QED) is 0.772. The van der Waals surface area contributed by atoms with Crippen LogP contribution in [0.15, 0.2) is 66.4 Å². The van der Waals surface area contributed by atoms with Gasteiger partial charge in [0.15, 0.2) is 0 Å². The fourth-order valence-corrected chi connectivity index (χ4v) is 2.53. The van der Waals surface area contributed by atoms with E-state index in [2.05, 4.69) is 31.5 Å². The normalized spacial score (nSPS) is 14.0. The average molecular weight is 326 g/mol. The van der Waals surface area contributed by atoms with Crippen molar-refractivity contribution in [3.8, 4) is 0 Å². The summed E-state index contributed by atoms with van der Waals surface area (Å²) in [4.78, 5) is 13.9. The second-order valence-corrected chi connectivity index (χ2v) is 5.88. The summed E-state index contributed by atoms with van der Waals surface area (Å²) >= 11 is 0. The summed E-state index contributed by atoms with van der Waals surface area (Å²) in [5.41, 5.74) is 4.30. The molecule has 2 amide bonds. The lowest BCUT2D eigenvalue weighted by Gasteiger charge is -2.16. The Kier molecular flexibility index (Phi) is 5.74. The first-order valence-corrected chi connectivity index (χ1v) is 7.97. The lowest BCUT2D eigenvalue weighted by atomic mass is 10.1. The standard InChI is InChI=1S/C20H23FN2O/c1-5-6-14(2)15(3)7-8-16(4)22-20(24)23-12-17-9-10-19(21)11-18(17)13-23/h6-11H,3-5,12-13H2,1-2H3,(H,22,24)/b8-7-,14-6+. The number of hydrogen-bond acceptors (Lipinski definition) is 1. The van der Waals surface area contributed by atoms with Gasteiger partial charge in [0, 0.05) is 18.8 Å². The number of rotatable bonds is 5. The number of nitrogens with one attached hydrogen (secondary N) is 1. The van der Waals surface area contributed by atoms with Crippen LogP contribution < -0.4 is 5.32 Å². The molecule has 1 heterocycles. The molecule has 0 saturated heterocycles. The third kappa shape index (κ3) is 4.44. The number of hydrogen-bond donors (Lipinski definition) is 1. The lowest BCUT2D eigenvalue weighted by Crippen LogP contribution is -2.35. The van der Waals surface area contributed by atoms with Crippen molar-refractivity contribution in [1.29, 1.82) is 0 Å². The summed E-state index contributed by atoms with van der Waals surface area (Å²) in [6.07, 6.45) is 6.61. The van der Waals surface area contributed by atoms with Crippen molar-refractivity contribution in [1.82, 2.24) is 10.2 Å². The summed E-state index contributed by atoms with van der Waals surface area (Å²) in [6, 6.07) is 4.37. The maximum Gasteiger partial charge on any atom is 0.322 e. The molecule has 0 saturated carbocycles. The Morgan fingerprint density at radius 1 is 1.29 bits per heavy atom. The Morgan fingerprint density at radius 2 is 2.00 bits per heavy atom. The van der Waals surface area contributed by atoms with Crippen LogP contribution in [0.1, 0.15) is 31.4 Å². The van der Waals surface area contributed by atoms with Crippen LogP contribution in [0.4, 0.5) is 9.18 Å². The van der Waals surface area contributed by atoms with Crippen LogP contribution in [-0.4, -0.2) is 10.9 Å². The second kappa shape index (κ2) is 7.77. The van der Waals surface area contributed by atoms with Crippen LogP contribution in [0.2, 0.25) is 0 Å². The monoisotopic (exact) mass is 326 g/mol. The molecule has 2 rings (SSSR count). The number of amides is 2. The fraction of sp³-hybridized carbons (Fsp3) is 0.250. The Hall–Kier alpha value is -2.62. The SMILES string of the molecule is C=C(/C=C\C(=C)/C(C)=C/CC)NC(=O)N1Cc2ccc(F)cc2C1. The van der Waals surface area contributed by atoms with E-state index >= 15 is 0 Å². The van der Waals surface area contributed by atoms with Gasteiger partial charge in [0.1, 0.15) is 5.82 Å². The molecule has 0 spiro atoms. The first kappa shape index (κ1) is 17.7. The molecule has 0 bridgehead atoms. The molecule has 1 N–H and O–H groups in total. The second-order valence-electron chi connectivity index (χ2n) is 5.88. The Balaban J connectivity index is 1.90. The zero-order chi connectivity index (χ0) is 17.7. The molecular formula is C20H23FN2O. The van der Waals surface area contributed by atoms with E-state index in [9.17, 15) is 9.18 Å². The van der Waals surface area contributed by atoms with E-state index in [0.717, 1.165) is 28.7 Å². The van der Waals surface area contributed by atoms with Crippen LogP contribution >= 0.6 is 0 Å². The van der Waals surface area contributed by atoms with Crippen LogP contribution in [0.5, 0.6) is 0 Å². The van der Waals surface area contributed by atoms with Gasteiger partial charge in [-0.05, 0) is 53.8 Å². The Bertz CT molecular complexity index is 731. The van der Waals surface area contributed by atoms with E-state index in [0.29, 0.717) is 18.8 Å². The van der Waals surface area contributed by atoms with E-state index in [1.165, 1.54) is 12.1 Å². The van der Waals surface area contributed by atoms with Gasteiger partial charge in [-0.3, -0.25) is 0 Å². The van der Waals surface area contributed by atoms with Gasteiger partial charge in [-0.25, -0.2) is 9.18 Å². The number of nitrogens with zero attached hydrogens (tertiary/aromatic N) is 1. The minimum absolute atomic E-state index is 0.243. The molecular weight excluding hydrogens is 303 g/mol. The van der Waals surface area contributed by atoms with Crippen molar-refractivity contribution in [3.05, 3.63) is 83.4 Å². The maximum atomic E-state index is 13.2. The van der Waals surface area contributed by atoms with Gasteiger partial charge < -0.3 is 10.2 Å². The summed E-state index contributed by atoms with van der Waals surface area (Å²) in [5, 5.41) is 2.75. The van der Waals surface area contributed by atoms with Crippen LogP contribution in [-0.2, 0) is 13.1 Å². The molecule has 126 valence electrons. The van der Waals surface area contributed by atoms with Crippen molar-refractivity contribution in [3.63, 3.8) is 0 Å². The molecule has 1 aliphatic rings. The predicted octanol–water partition coefficient (Wildman–Crippen LogP) is 4.83. The first-order chi connectivity index (χ1) is 11.4. The van der Waals surface area contributed by atoms with E-state index in [-0.39, 0.29) is 11.8 Å². The highest BCUT2D eigenvalue weighted by molar-refractivity contribution is 5.77. The summed E-state index contributed by atoms with van der Waals surface area (Å²) in [7, 11) is 0. The molecule has 1 aromatic rings. The Labute approximate surface area is 142 Å². The molecule has 0 unspecified atom stereocenters. The number of urea groups is 1. The third-order valence-electron chi connectivity index (χ3n) is 3.95. The average Bonchev–Trinajstić information content (AvgIpc) is 2.96. The molecule has 0 atom stereocenters. The fourth-order valence-electron chi connectivity index (χ4n) is 2.53. The smallest absolute Gasteiger partial charge is 0.316 e. The van der Waals surface area contributed by atoms with Gasteiger partial charge in [-0.1, -0.05) is 38.3 Å². The molecule has 0 aromatic heterocycles. The van der Waals surface area contributed by atoms with Crippen molar-refractivity contribution >= 4 is 6.03 Å². The Morgan fingerprint density at radius 3 is 2.71 bits per heavy atom. The predicted molar refractivity (Wildman–Crippen MR) is 95.6 cm³/mol. The number of allylic oxidation sites excluding steroid dienone is 5. The number of benzene rings is 1. The van der Waals surface area contributed by atoms with Crippen molar-refractivity contribution < 1.29 is 9.18 Å². The molecule has 0 radical (unpaired) electrons. The molecule has 1 aliphatic heterocycles. The van der Waals surface area contributed by atoms with E-state index in [4.69, 9.17) is 0 Å². The third-order valence-corrected chi connectivity index (χ3v) is 3.95. The zero-order valence-electron chi connectivity index (χ0n) is 14.2. The summed E-state index contributed by atoms with van der Waals surface area (Å²) in [6.45, 7) is 12.8. The number of halogens is 1. The van der Waals surface area contributed by atoms with E-state index in [1.807, 2.05) is 13.0 Å². The number of carbonyl (C=O) groups is 1. The van der Waals surface area contributed by atoms with Gasteiger partial charge in [-0.2, -0.15) is 0 Å². The van der Waals surface area contributed by atoms with Crippen molar-refractivity contribution in [2.45, 2.75) is 33.4 Å². The number of carbonyl (C=O) groups excluding carboxylic acids is 1. The van der Waals surface area contributed by atoms with E-state index in [1.54, 1.807) is 17.0 Å². The maximum absolute atomic E-state index is 13.2. The van der Waals surface area contributed by atoms with E-state index < -0.39 is 0 Å². The minimum atomic E-state index is -0.280. The summed E-state index contributed by atoms with van der Waals surface area (Å²) < 4.78 is 13.2. The molecule has 0 aliphatic carbocycles. The zero-order valence-corrected chi connectivity index (χ0v) is 14.2. The van der Waals surface area contributed by atoms with Crippen molar-refractivity contribution in [2.24, 2.45) is 0 Å². The topological polar surface area (TPSA) is 32.3 Å². The minimum Gasteiger partial charge on any atom is -0.316 e. The first-order valence-electron chi connectivity index (χ1n) is 7.97. The highest BCUT2D eigenvalue weighted by atomic mass is 19.1. The van der Waals surface area contributed by atoms with Gasteiger partial charge in [-0.15, -0.1) is 0 Å². The molecule has 3 nitrogen and oxygen atoms in total. The number of fused-ring (bicyclic) bond motifs is 1. The molecule has 0 fully saturated rings. The molecule has 24 heavy (non-hydrogen) atoms. The highest BCUT2D eigenvalue weighted by Gasteiger charge is 2.23. The van der Waals surface area contributed by atoms with Crippen molar-refractivity contribution in [2.75, 3.05) is 0 Å². The largest absolute Gasteiger partial charge is 0.322 e. The van der Waals surface area contributed by atoms with Gasteiger partial charge in [0.25, 0.3) is 0 Å². The lowest BCUT2D eigenvalue weighted by molar-refractivity contribution is 0.201. The van der Waals surface area contributed by atoms with Gasteiger partial charge >= 0.3 is 6.03 Å². The molecule has 1 aromatic carbocycles. The van der Waals surface area contributed by atoms with Crippen LogP contribution in [0.3, 0.4) is 0 Å². The highest BCUT2D eigenvalue weighted by Crippen LogP contribution is 2.23.